The van der Waals surface area contributed by atoms with Gasteiger partial charge in [-0.05, 0) is 31.2 Å². The van der Waals surface area contributed by atoms with Crippen molar-refractivity contribution in [1.82, 2.24) is 24.5 Å². The van der Waals surface area contributed by atoms with E-state index in [1.165, 1.54) is 15.7 Å². The second-order valence-electron chi connectivity index (χ2n) is 7.60. The average Bonchev–Trinajstić information content (AvgIpc) is 3.19. The maximum absolute atomic E-state index is 14.7. The molecule has 1 aromatic carbocycles. The molecule has 2 aromatic heterocycles. The molecular formula is C20H19F2N5O3. The Morgan fingerprint density at radius 2 is 2.00 bits per heavy atom. The van der Waals surface area contributed by atoms with Crippen molar-refractivity contribution < 1.29 is 23.0 Å². The molecule has 3 aromatic rings. The molecule has 0 aliphatic carbocycles. The number of fused-ring (bicyclic) bond motifs is 2. The molecule has 0 N–H and O–H groups in total. The number of likely N-dealkylation sites (tertiary alicyclic amines) is 1. The van der Waals surface area contributed by atoms with Crippen LogP contribution < -0.4 is 9.47 Å². The summed E-state index contributed by atoms with van der Waals surface area (Å²) >= 11 is 0. The van der Waals surface area contributed by atoms with Crippen LogP contribution in [0.5, 0.6) is 11.5 Å². The lowest BCUT2D eigenvalue weighted by Gasteiger charge is -2.37. The lowest BCUT2D eigenvalue weighted by molar-refractivity contribution is -0.0641. The number of aryl methyl sites for hydroxylation is 1. The van der Waals surface area contributed by atoms with Crippen molar-refractivity contribution in [1.29, 1.82) is 0 Å². The van der Waals surface area contributed by atoms with E-state index in [-0.39, 0.29) is 18.5 Å². The minimum Gasteiger partial charge on any atom is -0.486 e. The van der Waals surface area contributed by atoms with E-state index in [4.69, 9.17) is 9.47 Å². The molecule has 1 atom stereocenters. The van der Waals surface area contributed by atoms with Crippen molar-refractivity contribution in [2.24, 2.45) is 0 Å². The number of nitrogens with zero attached hydrogens (tertiary/aromatic N) is 5. The van der Waals surface area contributed by atoms with Gasteiger partial charge in [-0.25, -0.2) is 18.3 Å². The van der Waals surface area contributed by atoms with E-state index in [0.29, 0.717) is 41.9 Å². The summed E-state index contributed by atoms with van der Waals surface area (Å²) < 4.78 is 41.8. The van der Waals surface area contributed by atoms with Crippen molar-refractivity contribution in [2.45, 2.75) is 25.2 Å². The number of alkyl halides is 2. The number of hydrogen-bond acceptors (Lipinski definition) is 6. The van der Waals surface area contributed by atoms with Crippen LogP contribution in [0, 0.1) is 6.92 Å². The van der Waals surface area contributed by atoms with Crippen LogP contribution >= 0.6 is 0 Å². The molecule has 2 aliphatic rings. The Kier molecular flexibility index (Phi) is 4.30. The number of piperidine rings is 1. The van der Waals surface area contributed by atoms with Crippen LogP contribution in [0.15, 0.2) is 30.6 Å². The monoisotopic (exact) mass is 415 g/mol. The highest BCUT2D eigenvalue weighted by molar-refractivity contribution is 5.95. The van der Waals surface area contributed by atoms with Crippen LogP contribution in [0.4, 0.5) is 8.78 Å². The summed E-state index contributed by atoms with van der Waals surface area (Å²) in [7, 11) is 0. The van der Waals surface area contributed by atoms with Gasteiger partial charge in [-0.15, -0.1) is 0 Å². The van der Waals surface area contributed by atoms with Crippen LogP contribution in [0.1, 0.15) is 34.1 Å². The summed E-state index contributed by atoms with van der Waals surface area (Å²) in [5.74, 6) is -2.78. The third kappa shape index (κ3) is 3.31. The Labute approximate surface area is 170 Å². The van der Waals surface area contributed by atoms with Gasteiger partial charge in [0.25, 0.3) is 17.6 Å². The maximum Gasteiger partial charge on any atom is 0.266 e. The van der Waals surface area contributed by atoms with E-state index in [2.05, 4.69) is 15.1 Å². The zero-order valence-electron chi connectivity index (χ0n) is 16.2. The van der Waals surface area contributed by atoms with Gasteiger partial charge in [0.15, 0.2) is 11.5 Å². The molecule has 1 fully saturated rings. The summed E-state index contributed by atoms with van der Waals surface area (Å²) in [6.07, 6.45) is 0.959. The molecule has 8 nitrogen and oxygen atoms in total. The zero-order valence-corrected chi connectivity index (χ0v) is 16.2. The lowest BCUT2D eigenvalue weighted by Crippen LogP contribution is -2.49. The number of hydrogen-bond donors (Lipinski definition) is 0. The number of carbonyl (C=O) groups excluding carboxylic acids is 1. The third-order valence-corrected chi connectivity index (χ3v) is 5.31. The highest BCUT2D eigenvalue weighted by Crippen LogP contribution is 2.37. The van der Waals surface area contributed by atoms with E-state index in [1.807, 2.05) is 0 Å². The SMILES string of the molecule is Cc1cc(C2CN(C(=O)c3ccc4c(c3)OCCO4)CC(F)(F)C2)n2ncnc2n1. The fourth-order valence-corrected chi connectivity index (χ4v) is 4.06. The van der Waals surface area contributed by atoms with Crippen LogP contribution in [0.2, 0.25) is 0 Å². The molecule has 0 saturated carbocycles. The second-order valence-corrected chi connectivity index (χ2v) is 7.60. The molecule has 1 amide bonds. The van der Waals surface area contributed by atoms with Crippen molar-refractivity contribution in [3.05, 3.63) is 47.5 Å². The fourth-order valence-electron chi connectivity index (χ4n) is 4.06. The van der Waals surface area contributed by atoms with E-state index in [1.54, 1.807) is 31.2 Å². The van der Waals surface area contributed by atoms with Gasteiger partial charge in [0, 0.05) is 30.1 Å². The first kappa shape index (κ1) is 18.7. The predicted molar refractivity (Wildman–Crippen MR) is 101 cm³/mol. The first-order valence-corrected chi connectivity index (χ1v) is 9.64. The Balaban J connectivity index is 1.47. The summed E-state index contributed by atoms with van der Waals surface area (Å²) in [6.45, 7) is 2.09. The number of rotatable bonds is 2. The highest BCUT2D eigenvalue weighted by Gasteiger charge is 2.43. The van der Waals surface area contributed by atoms with Gasteiger partial charge >= 0.3 is 0 Å². The van der Waals surface area contributed by atoms with Gasteiger partial charge in [-0.3, -0.25) is 4.79 Å². The van der Waals surface area contributed by atoms with Gasteiger partial charge in [-0.2, -0.15) is 10.1 Å². The van der Waals surface area contributed by atoms with Crippen molar-refractivity contribution in [3.63, 3.8) is 0 Å². The number of benzene rings is 1. The van der Waals surface area contributed by atoms with Crippen LogP contribution in [0.25, 0.3) is 5.78 Å². The maximum atomic E-state index is 14.7. The van der Waals surface area contributed by atoms with E-state index in [9.17, 15) is 13.6 Å². The summed E-state index contributed by atoms with van der Waals surface area (Å²) in [5.41, 5.74) is 1.51. The molecule has 30 heavy (non-hydrogen) atoms. The van der Waals surface area contributed by atoms with Crippen LogP contribution in [-0.2, 0) is 0 Å². The van der Waals surface area contributed by atoms with Gasteiger partial charge in [0.1, 0.15) is 19.5 Å². The second kappa shape index (κ2) is 6.89. The average molecular weight is 415 g/mol. The molecule has 10 heteroatoms. The Morgan fingerprint density at radius 3 is 2.83 bits per heavy atom. The number of carbonyl (C=O) groups is 1. The molecular weight excluding hydrogens is 396 g/mol. The highest BCUT2D eigenvalue weighted by atomic mass is 19.3. The number of aromatic nitrogens is 4. The third-order valence-electron chi connectivity index (χ3n) is 5.31. The van der Waals surface area contributed by atoms with E-state index in [0.717, 1.165) is 0 Å². The predicted octanol–water partition coefficient (Wildman–Crippen LogP) is 2.47. The number of ether oxygens (including phenoxy) is 2. The molecule has 1 unspecified atom stereocenters. The molecule has 5 rings (SSSR count). The first-order chi connectivity index (χ1) is 14.4. The van der Waals surface area contributed by atoms with E-state index < -0.39 is 24.3 Å². The number of halogens is 2. The first-order valence-electron chi connectivity index (χ1n) is 9.64. The molecule has 0 radical (unpaired) electrons. The van der Waals surface area contributed by atoms with Gasteiger partial charge in [0.05, 0.1) is 12.2 Å². The fraction of sp³-hybridized carbons (Fsp3) is 0.400. The Hall–Kier alpha value is -3.30. The Bertz CT molecular complexity index is 1130. The number of amides is 1. The van der Waals surface area contributed by atoms with Crippen molar-refractivity contribution in [2.75, 3.05) is 26.3 Å². The van der Waals surface area contributed by atoms with Crippen molar-refractivity contribution >= 4 is 11.7 Å². The molecule has 0 bridgehead atoms. The standard InChI is InChI=1S/C20H19F2N5O3/c1-12-6-15(27-19(25-12)23-11-24-27)14-8-20(21,22)10-26(9-14)18(28)13-2-3-16-17(7-13)30-5-4-29-16/h2-3,6-7,11,14H,4-5,8-10H2,1H3. The van der Waals surface area contributed by atoms with Crippen molar-refractivity contribution in [3.8, 4) is 11.5 Å². The van der Waals surface area contributed by atoms with E-state index >= 15 is 0 Å². The normalized spacial score (nSPS) is 20.4. The van der Waals surface area contributed by atoms with Crippen LogP contribution in [-0.4, -0.2) is 62.6 Å². The lowest BCUT2D eigenvalue weighted by atomic mass is 9.91. The minimum atomic E-state index is -3.03. The molecule has 156 valence electrons. The summed E-state index contributed by atoms with van der Waals surface area (Å²) in [4.78, 5) is 22.6. The molecule has 4 heterocycles. The van der Waals surface area contributed by atoms with Crippen LogP contribution in [0.3, 0.4) is 0 Å². The van der Waals surface area contributed by atoms with Gasteiger partial charge in [0.2, 0.25) is 0 Å². The smallest absolute Gasteiger partial charge is 0.266 e. The molecule has 0 spiro atoms. The molecule has 2 aliphatic heterocycles. The largest absolute Gasteiger partial charge is 0.486 e. The summed E-state index contributed by atoms with van der Waals surface area (Å²) in [6, 6.07) is 6.47. The van der Waals surface area contributed by atoms with Gasteiger partial charge in [-0.1, -0.05) is 0 Å². The minimum absolute atomic E-state index is 0.140. The van der Waals surface area contributed by atoms with Gasteiger partial charge < -0.3 is 14.4 Å². The quantitative estimate of drug-likeness (QED) is 0.640. The Morgan fingerprint density at radius 1 is 1.20 bits per heavy atom. The summed E-state index contributed by atoms with van der Waals surface area (Å²) in [5, 5.41) is 4.12. The molecule has 1 saturated heterocycles. The topological polar surface area (TPSA) is 81.9 Å². The zero-order chi connectivity index (χ0) is 20.9.